The number of hydrogen-bond donors (Lipinski definition) is 4. The highest BCUT2D eigenvalue weighted by Gasteiger charge is 2.21. The minimum Gasteiger partial charge on any atom is -0.382 e. The molecule has 5 N–H and O–H groups in total. The minimum atomic E-state index is 0.413. The summed E-state index contributed by atoms with van der Waals surface area (Å²) < 4.78 is 0. The zero-order chi connectivity index (χ0) is 16.1. The normalized spacial score (nSPS) is 17.9. The number of hydrogen-bond acceptors (Lipinski definition) is 5. The van der Waals surface area contributed by atoms with Gasteiger partial charge in [-0.15, -0.1) is 0 Å². The fraction of sp³-hybridized carbons (Fsp3) is 0.235. The minimum absolute atomic E-state index is 0.413. The van der Waals surface area contributed by atoms with Crippen molar-refractivity contribution < 1.29 is 0 Å². The van der Waals surface area contributed by atoms with Crippen molar-refractivity contribution in [2.24, 2.45) is 0 Å². The molecule has 0 aliphatic carbocycles. The number of aromatic amines is 2. The van der Waals surface area contributed by atoms with Crippen molar-refractivity contribution in [1.82, 2.24) is 30.5 Å². The van der Waals surface area contributed by atoms with E-state index in [1.165, 1.54) is 0 Å². The molecule has 1 aromatic carbocycles. The lowest BCUT2D eigenvalue weighted by atomic mass is 10.1. The molecule has 0 radical (unpaired) electrons. The molecule has 3 aromatic heterocycles. The first-order valence-corrected chi connectivity index (χ1v) is 8.09. The maximum atomic E-state index is 6.18. The second-order valence-electron chi connectivity index (χ2n) is 6.23. The Kier molecular flexibility index (Phi) is 2.83. The van der Waals surface area contributed by atoms with Gasteiger partial charge in [0.05, 0.1) is 11.2 Å². The van der Waals surface area contributed by atoms with Crippen LogP contribution in [0.15, 0.2) is 30.5 Å². The van der Waals surface area contributed by atoms with Crippen molar-refractivity contribution in [1.29, 1.82) is 0 Å². The van der Waals surface area contributed by atoms with Crippen LogP contribution in [0.3, 0.4) is 0 Å². The van der Waals surface area contributed by atoms with Gasteiger partial charge < -0.3 is 16.0 Å². The summed E-state index contributed by atoms with van der Waals surface area (Å²) in [6.45, 7) is 1.98. The van der Waals surface area contributed by atoms with Crippen molar-refractivity contribution in [3.8, 4) is 11.3 Å². The summed E-state index contributed by atoms with van der Waals surface area (Å²) in [6.07, 6.45) is 2.83. The molecule has 7 nitrogen and oxygen atoms in total. The van der Waals surface area contributed by atoms with E-state index in [9.17, 15) is 0 Å². The van der Waals surface area contributed by atoms with E-state index in [2.05, 4.69) is 37.6 Å². The number of imidazole rings is 1. The topological polar surface area (TPSA) is 108 Å². The van der Waals surface area contributed by atoms with E-state index in [1.54, 1.807) is 6.20 Å². The molecule has 4 aromatic rings. The van der Waals surface area contributed by atoms with E-state index < -0.39 is 0 Å². The first-order chi connectivity index (χ1) is 11.8. The Hall–Kier alpha value is -2.93. The van der Waals surface area contributed by atoms with Crippen molar-refractivity contribution >= 4 is 27.8 Å². The van der Waals surface area contributed by atoms with E-state index in [0.29, 0.717) is 11.7 Å². The van der Waals surface area contributed by atoms with Crippen LogP contribution >= 0.6 is 0 Å². The van der Waals surface area contributed by atoms with E-state index in [-0.39, 0.29) is 0 Å². The number of pyridine rings is 1. The van der Waals surface area contributed by atoms with Gasteiger partial charge in [-0.2, -0.15) is 5.10 Å². The Morgan fingerprint density at radius 3 is 2.92 bits per heavy atom. The molecule has 0 saturated carbocycles. The Labute approximate surface area is 137 Å². The highest BCUT2D eigenvalue weighted by Crippen LogP contribution is 2.31. The third-order valence-electron chi connectivity index (χ3n) is 4.73. The number of nitrogens with one attached hydrogen (secondary N) is 3. The fourth-order valence-corrected chi connectivity index (χ4v) is 3.45. The number of nitrogens with zero attached hydrogens (tertiary/aromatic N) is 3. The summed E-state index contributed by atoms with van der Waals surface area (Å²) >= 11 is 0. The van der Waals surface area contributed by atoms with E-state index in [4.69, 9.17) is 10.7 Å². The molecule has 1 atom stereocenters. The molecule has 1 aliphatic rings. The number of benzene rings is 1. The molecular weight excluding hydrogens is 302 g/mol. The molecule has 1 fully saturated rings. The van der Waals surface area contributed by atoms with Crippen LogP contribution in [0.2, 0.25) is 0 Å². The highest BCUT2D eigenvalue weighted by atomic mass is 15.1. The van der Waals surface area contributed by atoms with Gasteiger partial charge in [-0.3, -0.25) is 5.10 Å². The summed E-state index contributed by atoms with van der Waals surface area (Å²) in [5.74, 6) is 1.90. The third kappa shape index (κ3) is 1.98. The first-order valence-electron chi connectivity index (χ1n) is 8.09. The average molecular weight is 319 g/mol. The van der Waals surface area contributed by atoms with Crippen LogP contribution in [0, 0.1) is 0 Å². The Bertz CT molecular complexity index is 1030. The molecule has 5 rings (SSSR count). The van der Waals surface area contributed by atoms with Crippen LogP contribution in [-0.4, -0.2) is 38.2 Å². The van der Waals surface area contributed by atoms with Gasteiger partial charge in [0.15, 0.2) is 0 Å². The summed E-state index contributed by atoms with van der Waals surface area (Å²) in [5.41, 5.74) is 10.7. The largest absolute Gasteiger partial charge is 0.382 e. The quantitative estimate of drug-likeness (QED) is 0.453. The number of nitrogens with two attached hydrogens (primary N) is 1. The van der Waals surface area contributed by atoms with Gasteiger partial charge in [0.1, 0.15) is 22.7 Å². The Balaban J connectivity index is 1.71. The predicted octanol–water partition coefficient (Wildman–Crippen LogP) is 2.16. The zero-order valence-electron chi connectivity index (χ0n) is 13.0. The van der Waals surface area contributed by atoms with Crippen LogP contribution in [0.5, 0.6) is 0 Å². The number of H-pyrrole nitrogens is 2. The van der Waals surface area contributed by atoms with Crippen LogP contribution in [0.4, 0.5) is 5.82 Å². The van der Waals surface area contributed by atoms with Gasteiger partial charge >= 0.3 is 0 Å². The number of nitrogen functional groups attached to an aromatic ring is 1. The SMILES string of the molecule is Nc1nc2cc(-c3ccn[nH]3)ccc2c2nc([C@@H]3CCNC3)[nH]c12. The number of aromatic nitrogens is 5. The lowest BCUT2D eigenvalue weighted by Crippen LogP contribution is -2.08. The monoisotopic (exact) mass is 319 g/mol. The first kappa shape index (κ1) is 13.5. The van der Waals surface area contributed by atoms with E-state index in [0.717, 1.165) is 58.5 Å². The number of fused-ring (bicyclic) bond motifs is 3. The van der Waals surface area contributed by atoms with Crippen LogP contribution in [0.1, 0.15) is 18.2 Å². The van der Waals surface area contributed by atoms with Gasteiger partial charge in [0.2, 0.25) is 0 Å². The lowest BCUT2D eigenvalue weighted by molar-refractivity contribution is 0.717. The van der Waals surface area contributed by atoms with Crippen LogP contribution in [0.25, 0.3) is 33.2 Å². The van der Waals surface area contributed by atoms with Crippen molar-refractivity contribution in [2.75, 3.05) is 18.8 Å². The Morgan fingerprint density at radius 2 is 2.12 bits per heavy atom. The van der Waals surface area contributed by atoms with E-state index >= 15 is 0 Å². The smallest absolute Gasteiger partial charge is 0.150 e. The summed E-state index contributed by atoms with van der Waals surface area (Å²) in [6, 6.07) is 8.06. The van der Waals surface area contributed by atoms with Gasteiger partial charge in [0.25, 0.3) is 0 Å². The van der Waals surface area contributed by atoms with Crippen LogP contribution < -0.4 is 11.1 Å². The molecule has 0 spiro atoms. The molecule has 7 heteroatoms. The van der Waals surface area contributed by atoms with Crippen LogP contribution in [-0.2, 0) is 0 Å². The summed E-state index contributed by atoms with van der Waals surface area (Å²) in [7, 11) is 0. The van der Waals surface area contributed by atoms with Gasteiger partial charge in [0, 0.05) is 29.6 Å². The van der Waals surface area contributed by atoms with Crippen molar-refractivity contribution in [3.05, 3.63) is 36.3 Å². The predicted molar refractivity (Wildman–Crippen MR) is 93.6 cm³/mol. The van der Waals surface area contributed by atoms with Crippen molar-refractivity contribution in [3.63, 3.8) is 0 Å². The van der Waals surface area contributed by atoms with E-state index in [1.807, 2.05) is 12.1 Å². The highest BCUT2D eigenvalue weighted by molar-refractivity contribution is 6.07. The molecule has 0 unspecified atom stereocenters. The maximum Gasteiger partial charge on any atom is 0.150 e. The second kappa shape index (κ2) is 5.04. The lowest BCUT2D eigenvalue weighted by Gasteiger charge is -2.03. The average Bonchev–Trinajstić information content (AvgIpc) is 3.33. The molecule has 0 bridgehead atoms. The molecule has 1 aliphatic heterocycles. The maximum absolute atomic E-state index is 6.18. The summed E-state index contributed by atoms with van der Waals surface area (Å²) in [5, 5.41) is 11.4. The van der Waals surface area contributed by atoms with Gasteiger partial charge in [-0.25, -0.2) is 9.97 Å². The molecule has 1 saturated heterocycles. The Morgan fingerprint density at radius 1 is 1.17 bits per heavy atom. The van der Waals surface area contributed by atoms with Gasteiger partial charge in [-0.1, -0.05) is 6.07 Å². The van der Waals surface area contributed by atoms with Crippen molar-refractivity contribution in [2.45, 2.75) is 12.3 Å². The second-order valence-corrected chi connectivity index (χ2v) is 6.23. The van der Waals surface area contributed by atoms with Gasteiger partial charge in [-0.05, 0) is 31.2 Å². The zero-order valence-corrected chi connectivity index (χ0v) is 13.0. The molecule has 0 amide bonds. The fourth-order valence-electron chi connectivity index (χ4n) is 3.45. The molecule has 120 valence electrons. The number of rotatable bonds is 2. The molecule has 4 heterocycles. The number of anilines is 1. The summed E-state index contributed by atoms with van der Waals surface area (Å²) in [4.78, 5) is 12.8. The third-order valence-corrected chi connectivity index (χ3v) is 4.73. The molecule has 24 heavy (non-hydrogen) atoms. The molecular formula is C17H17N7. The standard InChI is InChI=1S/C17H17N7/c18-16-15-14(22-17(23-15)10-3-5-19-8-10)11-2-1-9(7-13(11)21-16)12-4-6-20-24-12/h1-2,4,6-7,10,19H,3,5,8H2,(H2,18,21)(H,20,24)(H,22,23)/t10-/m1/s1.